The maximum absolute atomic E-state index is 11.1. The van der Waals surface area contributed by atoms with Crippen molar-refractivity contribution in [3.63, 3.8) is 0 Å². The third-order valence-electron chi connectivity index (χ3n) is 2.84. The Morgan fingerprint density at radius 2 is 2.00 bits per heavy atom. The molecule has 16 heavy (non-hydrogen) atoms. The molecule has 2 aromatic rings. The molecular formula is C11H10NO3P. The number of fused-ring (bicyclic) bond motifs is 3. The van der Waals surface area contributed by atoms with E-state index < -0.39 is 7.60 Å². The van der Waals surface area contributed by atoms with Gasteiger partial charge in [0.25, 0.3) is 0 Å². The monoisotopic (exact) mass is 235 g/mol. The molecule has 0 aliphatic carbocycles. The first-order chi connectivity index (χ1) is 7.55. The van der Waals surface area contributed by atoms with Gasteiger partial charge in [0.15, 0.2) is 0 Å². The summed E-state index contributed by atoms with van der Waals surface area (Å²) in [5, 5.41) is 0.0944. The van der Waals surface area contributed by atoms with Gasteiger partial charge in [0.05, 0.1) is 5.30 Å². The number of para-hydroxylation sites is 1. The number of rotatable bonds is 1. The third kappa shape index (κ3) is 1.35. The van der Waals surface area contributed by atoms with Crippen LogP contribution < -0.4 is 5.30 Å². The minimum atomic E-state index is -4.14. The summed E-state index contributed by atoms with van der Waals surface area (Å²) in [4.78, 5) is 18.2. The van der Waals surface area contributed by atoms with E-state index in [-0.39, 0.29) is 5.30 Å². The molecule has 82 valence electrons. The van der Waals surface area contributed by atoms with Gasteiger partial charge in [0, 0.05) is 24.0 Å². The van der Waals surface area contributed by atoms with E-state index in [0.29, 0.717) is 0 Å². The van der Waals surface area contributed by atoms with Crippen molar-refractivity contribution >= 4 is 12.9 Å². The number of nitrogens with zero attached hydrogens (tertiary/aromatic N) is 1. The predicted octanol–water partition coefficient (Wildman–Crippen LogP) is 1.18. The number of benzene rings is 1. The van der Waals surface area contributed by atoms with Crippen molar-refractivity contribution in [3.05, 3.63) is 47.8 Å². The lowest BCUT2D eigenvalue weighted by atomic mass is 10.1. The second-order valence-corrected chi connectivity index (χ2v) is 5.51. The fourth-order valence-electron chi connectivity index (χ4n) is 2.10. The summed E-state index contributed by atoms with van der Waals surface area (Å²) in [6.45, 7) is 0. The van der Waals surface area contributed by atoms with Crippen molar-refractivity contribution in [2.45, 2.75) is 6.42 Å². The average molecular weight is 235 g/mol. The molecule has 5 heteroatoms. The van der Waals surface area contributed by atoms with Crippen molar-refractivity contribution in [1.29, 1.82) is 0 Å². The van der Waals surface area contributed by atoms with Crippen molar-refractivity contribution in [2.24, 2.45) is 0 Å². The highest BCUT2D eigenvalue weighted by molar-refractivity contribution is 7.60. The predicted molar refractivity (Wildman–Crippen MR) is 60.3 cm³/mol. The van der Waals surface area contributed by atoms with Gasteiger partial charge in [-0.05, 0) is 17.7 Å². The largest absolute Gasteiger partial charge is 0.357 e. The van der Waals surface area contributed by atoms with Crippen LogP contribution in [0.3, 0.4) is 0 Å². The molecule has 0 unspecified atom stereocenters. The minimum absolute atomic E-state index is 0.0944. The molecule has 1 aromatic carbocycles. The van der Waals surface area contributed by atoms with Crippen LogP contribution in [0.2, 0.25) is 0 Å². The summed E-state index contributed by atoms with van der Waals surface area (Å²) in [5.41, 5.74) is 3.13. The normalized spacial score (nSPS) is 13.6. The Morgan fingerprint density at radius 1 is 1.25 bits per heavy atom. The van der Waals surface area contributed by atoms with Gasteiger partial charge in [-0.2, -0.15) is 0 Å². The zero-order valence-electron chi connectivity index (χ0n) is 8.37. The molecule has 1 aliphatic rings. The Morgan fingerprint density at radius 3 is 2.75 bits per heavy atom. The van der Waals surface area contributed by atoms with Gasteiger partial charge in [0.1, 0.15) is 0 Å². The van der Waals surface area contributed by atoms with Crippen LogP contribution in [-0.2, 0) is 11.0 Å². The lowest BCUT2D eigenvalue weighted by Gasteiger charge is -2.02. The van der Waals surface area contributed by atoms with Gasteiger partial charge in [-0.3, -0.25) is 4.57 Å². The highest BCUT2D eigenvalue weighted by Gasteiger charge is 2.25. The SMILES string of the molecule is O=P(O)(O)c1cc2n(c1)-c1ccccc1C2. The Labute approximate surface area is 92.3 Å². The lowest BCUT2D eigenvalue weighted by Crippen LogP contribution is -2.01. The molecule has 3 rings (SSSR count). The maximum Gasteiger partial charge on any atom is 0.357 e. The topological polar surface area (TPSA) is 62.5 Å². The average Bonchev–Trinajstić information content (AvgIpc) is 2.72. The molecule has 0 atom stereocenters. The summed E-state index contributed by atoms with van der Waals surface area (Å²) in [5.74, 6) is 0. The van der Waals surface area contributed by atoms with E-state index in [4.69, 9.17) is 9.79 Å². The second kappa shape index (κ2) is 3.08. The van der Waals surface area contributed by atoms with Gasteiger partial charge in [-0.15, -0.1) is 0 Å². The zero-order chi connectivity index (χ0) is 11.3. The van der Waals surface area contributed by atoms with E-state index in [0.717, 1.165) is 17.8 Å². The fourth-order valence-corrected chi connectivity index (χ4v) is 2.69. The molecule has 1 aliphatic heterocycles. The second-order valence-electron chi connectivity index (χ2n) is 3.91. The summed E-state index contributed by atoms with van der Waals surface area (Å²) >= 11 is 0. The molecule has 0 saturated carbocycles. The van der Waals surface area contributed by atoms with E-state index in [1.807, 2.05) is 28.8 Å². The third-order valence-corrected chi connectivity index (χ3v) is 3.76. The van der Waals surface area contributed by atoms with Gasteiger partial charge < -0.3 is 14.4 Å². The van der Waals surface area contributed by atoms with Crippen LogP contribution in [-0.4, -0.2) is 14.4 Å². The number of hydrogen-bond donors (Lipinski definition) is 2. The first kappa shape index (κ1) is 9.85. The lowest BCUT2D eigenvalue weighted by molar-refractivity contribution is 0.387. The van der Waals surface area contributed by atoms with Crippen LogP contribution in [0, 0.1) is 0 Å². The first-order valence-corrected chi connectivity index (χ1v) is 6.52. The Kier molecular flexibility index (Phi) is 1.89. The molecule has 0 fully saturated rings. The summed E-state index contributed by atoms with van der Waals surface area (Å²) < 4.78 is 13.0. The zero-order valence-corrected chi connectivity index (χ0v) is 9.26. The smallest absolute Gasteiger partial charge is 0.321 e. The van der Waals surface area contributed by atoms with Crippen molar-refractivity contribution in [1.82, 2.24) is 4.57 Å². The molecular weight excluding hydrogens is 225 g/mol. The van der Waals surface area contributed by atoms with Crippen LogP contribution in [0.5, 0.6) is 0 Å². The van der Waals surface area contributed by atoms with E-state index in [1.54, 1.807) is 6.07 Å². The van der Waals surface area contributed by atoms with E-state index in [1.165, 1.54) is 11.8 Å². The van der Waals surface area contributed by atoms with Crippen molar-refractivity contribution in [3.8, 4) is 5.69 Å². The Bertz CT molecular complexity index is 611. The van der Waals surface area contributed by atoms with Crippen LogP contribution >= 0.6 is 7.60 Å². The Balaban J connectivity index is 2.18. The molecule has 1 aromatic heterocycles. The molecule has 4 nitrogen and oxygen atoms in total. The highest BCUT2D eigenvalue weighted by Crippen LogP contribution is 2.36. The maximum atomic E-state index is 11.1. The van der Waals surface area contributed by atoms with Gasteiger partial charge >= 0.3 is 7.60 Å². The molecule has 0 saturated heterocycles. The van der Waals surface area contributed by atoms with E-state index >= 15 is 0 Å². The first-order valence-electron chi connectivity index (χ1n) is 4.91. The number of hydrogen-bond acceptors (Lipinski definition) is 1. The van der Waals surface area contributed by atoms with Crippen molar-refractivity contribution < 1.29 is 14.4 Å². The highest BCUT2D eigenvalue weighted by atomic mass is 31.2. The van der Waals surface area contributed by atoms with Crippen LogP contribution in [0.25, 0.3) is 5.69 Å². The molecule has 2 heterocycles. The molecule has 2 N–H and O–H groups in total. The van der Waals surface area contributed by atoms with Crippen LogP contribution in [0.1, 0.15) is 11.3 Å². The van der Waals surface area contributed by atoms with Gasteiger partial charge in [-0.1, -0.05) is 18.2 Å². The summed E-state index contributed by atoms with van der Waals surface area (Å²) in [6, 6.07) is 9.45. The molecule has 0 spiro atoms. The molecule has 0 amide bonds. The number of aromatic nitrogens is 1. The fraction of sp³-hybridized carbons (Fsp3) is 0.0909. The van der Waals surface area contributed by atoms with E-state index in [2.05, 4.69) is 0 Å². The summed E-state index contributed by atoms with van der Waals surface area (Å²) in [6.07, 6.45) is 2.26. The van der Waals surface area contributed by atoms with Gasteiger partial charge in [-0.25, -0.2) is 0 Å². The minimum Gasteiger partial charge on any atom is -0.321 e. The van der Waals surface area contributed by atoms with Gasteiger partial charge in [0.2, 0.25) is 0 Å². The Hall–Kier alpha value is -1.35. The van der Waals surface area contributed by atoms with E-state index in [9.17, 15) is 4.57 Å². The van der Waals surface area contributed by atoms with Crippen molar-refractivity contribution in [2.75, 3.05) is 0 Å². The van der Waals surface area contributed by atoms with Crippen LogP contribution in [0.4, 0.5) is 0 Å². The van der Waals surface area contributed by atoms with Crippen LogP contribution in [0.15, 0.2) is 36.5 Å². The standard InChI is InChI=1S/C11H10NO3P/c13-16(14,15)10-6-9-5-8-3-1-2-4-11(8)12(9)7-10/h1-4,6-7H,5H2,(H2,13,14,15). The summed E-state index contributed by atoms with van der Waals surface area (Å²) in [7, 11) is -4.14. The molecule has 0 bridgehead atoms. The quantitative estimate of drug-likeness (QED) is 0.622. The molecule has 0 radical (unpaired) electrons.